The summed E-state index contributed by atoms with van der Waals surface area (Å²) in [6.07, 6.45) is 0. The first-order chi connectivity index (χ1) is 9.36. The highest BCUT2D eigenvalue weighted by Crippen LogP contribution is 2.28. The van der Waals surface area contributed by atoms with Gasteiger partial charge in [0.1, 0.15) is 10.8 Å². The number of hydrogen-bond donors (Lipinski definition) is 1. The fourth-order valence-corrected chi connectivity index (χ4v) is 2.66. The van der Waals surface area contributed by atoms with Crippen molar-refractivity contribution in [3.8, 4) is 16.3 Å². The quantitative estimate of drug-likeness (QED) is 0.904. The molecule has 0 aliphatic carbocycles. The van der Waals surface area contributed by atoms with Gasteiger partial charge in [-0.1, -0.05) is 13.8 Å². The highest BCUT2D eigenvalue weighted by Gasteiger charge is 2.18. The van der Waals surface area contributed by atoms with Crippen molar-refractivity contribution in [1.82, 2.24) is 4.98 Å². The third-order valence-corrected chi connectivity index (χ3v) is 3.74. The fourth-order valence-electron chi connectivity index (χ4n) is 1.66. The zero-order valence-electron chi connectivity index (χ0n) is 12.5. The van der Waals surface area contributed by atoms with Crippen LogP contribution in [0.1, 0.15) is 33.4 Å². The average molecular weight is 290 g/mol. The summed E-state index contributed by atoms with van der Waals surface area (Å²) in [6.45, 7) is 8.95. The van der Waals surface area contributed by atoms with Gasteiger partial charge < -0.3 is 10.5 Å². The lowest BCUT2D eigenvalue weighted by atomic mass is 10.0. The van der Waals surface area contributed by atoms with Crippen molar-refractivity contribution in [1.29, 1.82) is 0 Å². The predicted octanol–water partition coefficient (Wildman–Crippen LogP) is 4.04. The number of thiazole rings is 1. The fraction of sp³-hybridized carbons (Fsp3) is 0.438. The van der Waals surface area contributed by atoms with Crippen molar-refractivity contribution in [2.75, 3.05) is 6.61 Å². The maximum Gasteiger partial charge on any atom is 0.123 e. The van der Waals surface area contributed by atoms with E-state index in [4.69, 9.17) is 10.5 Å². The monoisotopic (exact) mass is 290 g/mol. The normalized spacial score (nSPS) is 11.9. The molecular formula is C16H22N2OS. The van der Waals surface area contributed by atoms with Crippen LogP contribution in [0.2, 0.25) is 0 Å². The Morgan fingerprint density at radius 2 is 1.90 bits per heavy atom. The minimum absolute atomic E-state index is 0.394. The van der Waals surface area contributed by atoms with Crippen LogP contribution in [0.3, 0.4) is 0 Å². The number of rotatable bonds is 5. The van der Waals surface area contributed by atoms with Crippen LogP contribution >= 0.6 is 11.3 Å². The molecule has 0 radical (unpaired) electrons. The van der Waals surface area contributed by atoms with Gasteiger partial charge in [0.05, 0.1) is 17.8 Å². The van der Waals surface area contributed by atoms with E-state index < -0.39 is 5.54 Å². The van der Waals surface area contributed by atoms with Gasteiger partial charge in [-0.2, -0.15) is 0 Å². The van der Waals surface area contributed by atoms with Gasteiger partial charge in [0, 0.05) is 10.9 Å². The molecule has 0 aliphatic heterocycles. The van der Waals surface area contributed by atoms with E-state index in [0.29, 0.717) is 5.92 Å². The van der Waals surface area contributed by atoms with Crippen LogP contribution in [0.4, 0.5) is 0 Å². The van der Waals surface area contributed by atoms with Crippen LogP contribution in [0, 0.1) is 5.92 Å². The second-order valence-electron chi connectivity index (χ2n) is 5.99. The molecule has 3 nitrogen and oxygen atoms in total. The van der Waals surface area contributed by atoms with Crippen LogP contribution in [-0.2, 0) is 5.54 Å². The van der Waals surface area contributed by atoms with Gasteiger partial charge in [-0.15, -0.1) is 11.3 Å². The molecular weight excluding hydrogens is 268 g/mol. The summed E-state index contributed by atoms with van der Waals surface area (Å²) >= 11 is 1.62. The standard InChI is InChI=1S/C16H22N2OS/c1-11(2)9-19-13-7-5-12(6-8-13)15-18-14(10-20-15)16(3,4)17/h5-8,10-11H,9,17H2,1-4H3. The van der Waals surface area contributed by atoms with Gasteiger partial charge in [0.25, 0.3) is 0 Å². The molecule has 0 spiro atoms. The van der Waals surface area contributed by atoms with E-state index in [1.807, 2.05) is 43.5 Å². The third kappa shape index (κ3) is 3.81. The van der Waals surface area contributed by atoms with Crippen LogP contribution < -0.4 is 10.5 Å². The van der Waals surface area contributed by atoms with Crippen molar-refractivity contribution < 1.29 is 4.74 Å². The molecule has 2 rings (SSSR count). The lowest BCUT2D eigenvalue weighted by molar-refractivity contribution is 0.271. The number of benzene rings is 1. The van der Waals surface area contributed by atoms with Crippen molar-refractivity contribution in [2.24, 2.45) is 11.7 Å². The first-order valence-corrected chi connectivity index (χ1v) is 7.72. The molecule has 0 aliphatic rings. The minimum atomic E-state index is -0.394. The van der Waals surface area contributed by atoms with Gasteiger partial charge in [0.15, 0.2) is 0 Å². The topological polar surface area (TPSA) is 48.1 Å². The number of hydrogen-bond acceptors (Lipinski definition) is 4. The Bertz CT molecular complexity index is 553. The predicted molar refractivity (Wildman–Crippen MR) is 85.1 cm³/mol. The summed E-state index contributed by atoms with van der Waals surface area (Å²) in [5.74, 6) is 1.43. The second kappa shape index (κ2) is 5.94. The summed E-state index contributed by atoms with van der Waals surface area (Å²) in [5, 5.41) is 3.02. The van der Waals surface area contributed by atoms with Crippen molar-refractivity contribution in [2.45, 2.75) is 33.2 Å². The molecule has 108 valence electrons. The molecule has 2 N–H and O–H groups in total. The van der Waals surface area contributed by atoms with Crippen LogP contribution in [0.5, 0.6) is 5.75 Å². The molecule has 2 aromatic rings. The SMILES string of the molecule is CC(C)COc1ccc(-c2nc(C(C)(C)N)cs2)cc1. The summed E-state index contributed by atoms with van der Waals surface area (Å²) < 4.78 is 5.68. The van der Waals surface area contributed by atoms with Gasteiger partial charge in [-0.25, -0.2) is 4.98 Å². The lowest BCUT2D eigenvalue weighted by Gasteiger charge is -2.14. The molecule has 1 aromatic heterocycles. The number of nitrogens with zero attached hydrogens (tertiary/aromatic N) is 1. The maximum atomic E-state index is 6.06. The Morgan fingerprint density at radius 3 is 2.40 bits per heavy atom. The largest absolute Gasteiger partial charge is 0.493 e. The smallest absolute Gasteiger partial charge is 0.123 e. The Hall–Kier alpha value is -1.39. The molecule has 0 atom stereocenters. The van der Waals surface area contributed by atoms with Gasteiger partial charge in [-0.05, 0) is 44.0 Å². The number of ether oxygens (including phenoxy) is 1. The van der Waals surface area contributed by atoms with Gasteiger partial charge >= 0.3 is 0 Å². The van der Waals surface area contributed by atoms with Crippen molar-refractivity contribution in [3.05, 3.63) is 35.3 Å². The van der Waals surface area contributed by atoms with Crippen LogP contribution in [0.25, 0.3) is 10.6 Å². The Labute approximate surface area is 124 Å². The highest BCUT2D eigenvalue weighted by atomic mass is 32.1. The van der Waals surface area contributed by atoms with E-state index in [1.54, 1.807) is 11.3 Å². The first kappa shape index (κ1) is 15.0. The zero-order valence-corrected chi connectivity index (χ0v) is 13.3. The summed E-state index contributed by atoms with van der Waals surface area (Å²) in [6, 6.07) is 8.07. The number of aromatic nitrogens is 1. The molecule has 0 bridgehead atoms. The summed E-state index contributed by atoms with van der Waals surface area (Å²) in [5.41, 5.74) is 7.70. The molecule has 0 fully saturated rings. The van der Waals surface area contributed by atoms with Crippen LogP contribution in [0.15, 0.2) is 29.6 Å². The minimum Gasteiger partial charge on any atom is -0.493 e. The molecule has 1 heterocycles. The van der Waals surface area contributed by atoms with Crippen LogP contribution in [-0.4, -0.2) is 11.6 Å². The van der Waals surface area contributed by atoms with E-state index in [1.165, 1.54) is 0 Å². The molecule has 20 heavy (non-hydrogen) atoms. The van der Waals surface area contributed by atoms with E-state index in [2.05, 4.69) is 18.8 Å². The van der Waals surface area contributed by atoms with Gasteiger partial charge in [-0.3, -0.25) is 0 Å². The highest BCUT2D eigenvalue weighted by molar-refractivity contribution is 7.13. The second-order valence-corrected chi connectivity index (χ2v) is 6.85. The Kier molecular flexibility index (Phi) is 4.45. The van der Waals surface area contributed by atoms with Crippen molar-refractivity contribution >= 4 is 11.3 Å². The Balaban J connectivity index is 2.12. The summed E-state index contributed by atoms with van der Waals surface area (Å²) in [7, 11) is 0. The third-order valence-electron chi connectivity index (χ3n) is 2.85. The van der Waals surface area contributed by atoms with Crippen molar-refractivity contribution in [3.63, 3.8) is 0 Å². The Morgan fingerprint density at radius 1 is 1.25 bits per heavy atom. The molecule has 0 saturated carbocycles. The van der Waals surface area contributed by atoms with E-state index in [0.717, 1.165) is 28.6 Å². The first-order valence-electron chi connectivity index (χ1n) is 6.84. The molecule has 0 unspecified atom stereocenters. The number of nitrogens with two attached hydrogens (primary N) is 1. The molecule has 1 aromatic carbocycles. The lowest BCUT2D eigenvalue weighted by Crippen LogP contribution is -2.28. The molecule has 0 amide bonds. The molecule has 0 saturated heterocycles. The maximum absolute atomic E-state index is 6.06. The zero-order chi connectivity index (χ0) is 14.8. The van der Waals surface area contributed by atoms with Gasteiger partial charge in [0.2, 0.25) is 0 Å². The summed E-state index contributed by atoms with van der Waals surface area (Å²) in [4.78, 5) is 4.61. The van der Waals surface area contributed by atoms with E-state index in [-0.39, 0.29) is 0 Å². The van der Waals surface area contributed by atoms with E-state index >= 15 is 0 Å². The molecule has 4 heteroatoms. The van der Waals surface area contributed by atoms with E-state index in [9.17, 15) is 0 Å². The average Bonchev–Trinajstić information content (AvgIpc) is 2.86.